The van der Waals surface area contributed by atoms with Crippen LogP contribution in [0.15, 0.2) is 103 Å². The average Bonchev–Trinajstić information content (AvgIpc) is 3.58. The summed E-state index contributed by atoms with van der Waals surface area (Å²) in [6.07, 6.45) is -0.218. The molecule has 1 aliphatic heterocycles. The van der Waals surface area contributed by atoms with Crippen molar-refractivity contribution in [1.82, 2.24) is 4.98 Å². The summed E-state index contributed by atoms with van der Waals surface area (Å²) >= 11 is 0. The number of nitrogens with one attached hydrogen (secondary N) is 1. The Morgan fingerprint density at radius 1 is 0.763 bits per heavy atom. The van der Waals surface area contributed by atoms with E-state index in [9.17, 15) is 9.90 Å². The highest BCUT2D eigenvalue weighted by Crippen LogP contribution is 2.39. The Hall–Kier alpha value is -3.75. The molecule has 2 heterocycles. The van der Waals surface area contributed by atoms with E-state index in [4.69, 9.17) is 18.9 Å². The van der Waals surface area contributed by atoms with Gasteiger partial charge in [-0.15, -0.1) is 0 Å². The Morgan fingerprint density at radius 2 is 1.29 bits per heavy atom. The number of aromatic amines is 1. The van der Waals surface area contributed by atoms with Crippen molar-refractivity contribution >= 4 is 5.97 Å². The number of hydrogen-bond acceptors (Lipinski definition) is 5. The highest BCUT2D eigenvalue weighted by Gasteiger charge is 2.47. The number of carbonyl (C=O) groups is 1. The van der Waals surface area contributed by atoms with Crippen LogP contribution in [0.5, 0.6) is 0 Å². The fourth-order valence-electron chi connectivity index (χ4n) is 4.61. The molecular formula is C31H31NO6. The Kier molecular flexibility index (Phi) is 8.63. The van der Waals surface area contributed by atoms with E-state index >= 15 is 0 Å². The lowest BCUT2D eigenvalue weighted by molar-refractivity contribution is -0.0898. The maximum absolute atomic E-state index is 11.5. The highest BCUT2D eigenvalue weighted by atomic mass is 16.6. The standard InChI is InChI=1S/C31H31NO6/c33-31(34)26-16-25(17-32-26)28-30(37-20-24-14-8-3-9-15-24)29(36-19-23-12-6-2-7-13-23)27(38-28)21-35-18-22-10-4-1-5-11-22/h1-17,27-30,32H,18-21H2,(H,33,34)/t27-,28+,29-,30+/m1/s1. The van der Waals surface area contributed by atoms with Gasteiger partial charge in [-0.1, -0.05) is 91.0 Å². The number of carboxylic acid groups (broad SMARTS) is 1. The van der Waals surface area contributed by atoms with Crippen LogP contribution in [-0.2, 0) is 38.8 Å². The van der Waals surface area contributed by atoms with E-state index in [1.807, 2.05) is 91.0 Å². The molecule has 0 spiro atoms. The number of aromatic carboxylic acids is 1. The van der Waals surface area contributed by atoms with Gasteiger partial charge in [0.15, 0.2) is 0 Å². The van der Waals surface area contributed by atoms with Crippen LogP contribution in [0.4, 0.5) is 0 Å². The van der Waals surface area contributed by atoms with Crippen molar-refractivity contribution in [2.24, 2.45) is 0 Å². The van der Waals surface area contributed by atoms with Gasteiger partial charge in [0, 0.05) is 11.8 Å². The topological polar surface area (TPSA) is 90.0 Å². The molecule has 0 amide bonds. The summed E-state index contributed by atoms with van der Waals surface area (Å²) in [5, 5.41) is 9.45. The van der Waals surface area contributed by atoms with Crippen molar-refractivity contribution in [3.63, 3.8) is 0 Å². The zero-order chi connectivity index (χ0) is 26.2. The van der Waals surface area contributed by atoms with Gasteiger partial charge in [0.05, 0.1) is 26.4 Å². The second-order valence-electron chi connectivity index (χ2n) is 9.27. The van der Waals surface area contributed by atoms with Gasteiger partial charge in [-0.3, -0.25) is 0 Å². The summed E-state index contributed by atoms with van der Waals surface area (Å²) in [5.74, 6) is -1.03. The largest absolute Gasteiger partial charge is 0.477 e. The van der Waals surface area contributed by atoms with Gasteiger partial charge in [0.1, 0.15) is 30.1 Å². The number of rotatable bonds is 12. The molecule has 7 nitrogen and oxygen atoms in total. The zero-order valence-corrected chi connectivity index (χ0v) is 20.9. The molecule has 0 radical (unpaired) electrons. The minimum absolute atomic E-state index is 0.0935. The minimum Gasteiger partial charge on any atom is -0.477 e. The van der Waals surface area contributed by atoms with Gasteiger partial charge in [-0.05, 0) is 22.8 Å². The van der Waals surface area contributed by atoms with E-state index in [0.29, 0.717) is 32.0 Å². The van der Waals surface area contributed by atoms with Gasteiger partial charge in [0.2, 0.25) is 0 Å². The van der Waals surface area contributed by atoms with Gasteiger partial charge in [-0.2, -0.15) is 0 Å². The third-order valence-corrected chi connectivity index (χ3v) is 6.54. The molecule has 38 heavy (non-hydrogen) atoms. The molecule has 2 N–H and O–H groups in total. The first-order chi connectivity index (χ1) is 18.7. The summed E-state index contributed by atoms with van der Waals surface area (Å²) in [6, 6.07) is 31.4. The van der Waals surface area contributed by atoms with Crippen LogP contribution in [0.1, 0.15) is 38.8 Å². The number of aromatic nitrogens is 1. The summed E-state index contributed by atoms with van der Waals surface area (Å²) in [4.78, 5) is 14.4. The molecule has 4 aromatic rings. The molecule has 1 saturated heterocycles. The van der Waals surface area contributed by atoms with E-state index in [0.717, 1.165) is 16.7 Å². The maximum Gasteiger partial charge on any atom is 0.352 e. The summed E-state index contributed by atoms with van der Waals surface area (Å²) in [7, 11) is 0. The quantitative estimate of drug-likeness (QED) is 0.259. The third kappa shape index (κ3) is 6.57. The minimum atomic E-state index is -1.03. The first-order valence-electron chi connectivity index (χ1n) is 12.7. The smallest absolute Gasteiger partial charge is 0.352 e. The second kappa shape index (κ2) is 12.7. The molecule has 4 atom stereocenters. The maximum atomic E-state index is 11.5. The number of H-pyrrole nitrogens is 1. The van der Waals surface area contributed by atoms with E-state index in [2.05, 4.69) is 4.98 Å². The van der Waals surface area contributed by atoms with Crippen molar-refractivity contribution < 1.29 is 28.8 Å². The van der Waals surface area contributed by atoms with Crippen LogP contribution >= 0.6 is 0 Å². The fourth-order valence-corrected chi connectivity index (χ4v) is 4.61. The summed E-state index contributed by atoms with van der Waals surface area (Å²) < 4.78 is 25.5. The molecule has 1 aliphatic rings. The van der Waals surface area contributed by atoms with Crippen LogP contribution in [0.2, 0.25) is 0 Å². The Bertz CT molecular complexity index is 1280. The zero-order valence-electron chi connectivity index (χ0n) is 20.9. The van der Waals surface area contributed by atoms with E-state index in [1.54, 1.807) is 12.3 Å². The van der Waals surface area contributed by atoms with Crippen molar-refractivity contribution in [1.29, 1.82) is 0 Å². The second-order valence-corrected chi connectivity index (χ2v) is 9.27. The molecule has 0 bridgehead atoms. The molecular weight excluding hydrogens is 482 g/mol. The van der Waals surface area contributed by atoms with E-state index < -0.39 is 30.4 Å². The molecule has 0 aliphatic carbocycles. The molecule has 0 unspecified atom stereocenters. The number of benzene rings is 3. The van der Waals surface area contributed by atoms with Gasteiger partial charge in [0.25, 0.3) is 0 Å². The van der Waals surface area contributed by atoms with Gasteiger partial charge >= 0.3 is 5.97 Å². The van der Waals surface area contributed by atoms with Crippen molar-refractivity contribution in [3.8, 4) is 0 Å². The van der Waals surface area contributed by atoms with Crippen molar-refractivity contribution in [2.75, 3.05) is 6.61 Å². The predicted octanol–water partition coefficient (Wildman–Crippen LogP) is 5.54. The van der Waals surface area contributed by atoms with Crippen LogP contribution in [0, 0.1) is 0 Å². The first-order valence-corrected chi connectivity index (χ1v) is 12.7. The van der Waals surface area contributed by atoms with Crippen molar-refractivity contribution in [2.45, 2.75) is 44.2 Å². The number of ether oxygens (including phenoxy) is 4. The normalized spacial score (nSPS) is 20.9. The molecule has 7 heteroatoms. The van der Waals surface area contributed by atoms with Crippen LogP contribution in [0.25, 0.3) is 0 Å². The SMILES string of the molecule is O=C(O)c1cc([C@@H]2O[C@H](COCc3ccccc3)[C@@H](OCc3ccccc3)[C@H]2OCc2ccccc2)c[nH]1. The lowest BCUT2D eigenvalue weighted by Crippen LogP contribution is -2.37. The Labute approximate surface area is 222 Å². The molecule has 5 rings (SSSR count). The van der Waals surface area contributed by atoms with Gasteiger partial charge in [-0.25, -0.2) is 4.79 Å². The Balaban J connectivity index is 1.38. The summed E-state index contributed by atoms with van der Waals surface area (Å²) in [6.45, 7) is 1.49. The monoisotopic (exact) mass is 513 g/mol. The first kappa shape index (κ1) is 25.9. The lowest BCUT2D eigenvalue weighted by Gasteiger charge is -2.25. The molecule has 1 fully saturated rings. The average molecular weight is 514 g/mol. The summed E-state index contributed by atoms with van der Waals surface area (Å²) in [5.41, 5.74) is 3.92. The fraction of sp³-hybridized carbons (Fsp3) is 0.258. The highest BCUT2D eigenvalue weighted by molar-refractivity contribution is 5.85. The lowest BCUT2D eigenvalue weighted by atomic mass is 10.0. The number of hydrogen-bond donors (Lipinski definition) is 2. The van der Waals surface area contributed by atoms with E-state index in [1.165, 1.54) is 0 Å². The Morgan fingerprint density at radius 3 is 1.82 bits per heavy atom. The molecule has 3 aromatic carbocycles. The predicted molar refractivity (Wildman–Crippen MR) is 142 cm³/mol. The van der Waals surface area contributed by atoms with Crippen molar-refractivity contribution in [3.05, 3.63) is 131 Å². The van der Waals surface area contributed by atoms with Crippen LogP contribution in [0.3, 0.4) is 0 Å². The third-order valence-electron chi connectivity index (χ3n) is 6.54. The number of carboxylic acids is 1. The molecule has 196 valence electrons. The molecule has 0 saturated carbocycles. The van der Waals surface area contributed by atoms with Crippen LogP contribution in [-0.4, -0.2) is 41.0 Å². The molecule has 1 aromatic heterocycles. The van der Waals surface area contributed by atoms with Gasteiger partial charge < -0.3 is 29.0 Å². The van der Waals surface area contributed by atoms with E-state index in [-0.39, 0.29) is 5.69 Å². The van der Waals surface area contributed by atoms with Crippen LogP contribution < -0.4 is 0 Å².